The van der Waals surface area contributed by atoms with Crippen molar-refractivity contribution in [2.75, 3.05) is 18.6 Å². The van der Waals surface area contributed by atoms with Crippen LogP contribution in [0.1, 0.15) is 18.4 Å². The smallest absolute Gasteiger partial charge is 0.248 e. The van der Waals surface area contributed by atoms with Crippen LogP contribution in [0, 0.1) is 0 Å². The van der Waals surface area contributed by atoms with Gasteiger partial charge in [-0.15, -0.1) is 0 Å². The Labute approximate surface area is 161 Å². The maximum Gasteiger partial charge on any atom is 0.248 e. The minimum absolute atomic E-state index is 0.0209. The highest BCUT2D eigenvalue weighted by molar-refractivity contribution is 8.15. The van der Waals surface area contributed by atoms with E-state index in [1.54, 1.807) is 7.11 Å². The molecule has 27 heavy (non-hydrogen) atoms. The van der Waals surface area contributed by atoms with Gasteiger partial charge in [0.1, 0.15) is 5.75 Å². The van der Waals surface area contributed by atoms with Gasteiger partial charge in [0.25, 0.3) is 0 Å². The molecule has 2 aliphatic rings. The summed E-state index contributed by atoms with van der Waals surface area (Å²) in [5.41, 5.74) is 0.927. The fourth-order valence-electron chi connectivity index (χ4n) is 3.12. The summed E-state index contributed by atoms with van der Waals surface area (Å²) in [4.78, 5) is 28.4. The number of fused-ring (bicyclic) bond motifs is 1. The van der Waals surface area contributed by atoms with E-state index >= 15 is 0 Å². The van der Waals surface area contributed by atoms with Crippen LogP contribution in [0.3, 0.4) is 0 Å². The molecule has 0 aromatic heterocycles. The third-order valence-corrected chi connectivity index (χ3v) is 7.70. The van der Waals surface area contributed by atoms with Gasteiger partial charge in [-0.3, -0.25) is 4.79 Å². The van der Waals surface area contributed by atoms with E-state index < -0.39 is 21.7 Å². The maximum absolute atomic E-state index is 12.0. The van der Waals surface area contributed by atoms with Crippen molar-refractivity contribution in [3.8, 4) is 5.75 Å². The van der Waals surface area contributed by atoms with Crippen LogP contribution in [0.15, 0.2) is 29.3 Å². The molecule has 146 valence electrons. The van der Waals surface area contributed by atoms with Crippen molar-refractivity contribution >= 4 is 38.6 Å². The topological polar surface area (TPSA) is 116 Å². The molecule has 2 heterocycles. The van der Waals surface area contributed by atoms with Crippen LogP contribution in [0.5, 0.6) is 5.75 Å². The van der Waals surface area contributed by atoms with E-state index in [-0.39, 0.29) is 35.6 Å². The van der Waals surface area contributed by atoms with Gasteiger partial charge in [-0.25, -0.2) is 8.42 Å². The average molecular weight is 411 g/mol. The Hall–Kier alpha value is -2.07. The van der Waals surface area contributed by atoms with Gasteiger partial charge < -0.3 is 19.5 Å². The van der Waals surface area contributed by atoms with E-state index in [1.165, 1.54) is 11.8 Å². The lowest BCUT2D eigenvalue weighted by atomic mass is 10.1. The van der Waals surface area contributed by atoms with Crippen LogP contribution in [-0.2, 0) is 26.0 Å². The second-order valence-corrected chi connectivity index (χ2v) is 9.80. The highest BCUT2D eigenvalue weighted by Crippen LogP contribution is 2.39. The summed E-state index contributed by atoms with van der Waals surface area (Å²) in [6, 6.07) is 7.10. The highest BCUT2D eigenvalue weighted by atomic mass is 32.2. The number of thioether (sulfide) groups is 1. The number of ether oxygens (including phenoxy) is 1. The van der Waals surface area contributed by atoms with Crippen LogP contribution < -0.4 is 9.84 Å². The second-order valence-electron chi connectivity index (χ2n) is 6.44. The number of carbonyl (C=O) groups excluding carboxylic acids is 2. The summed E-state index contributed by atoms with van der Waals surface area (Å²) in [6.45, 7) is 0.403. The SMILES string of the molecule is COc1ccc(CN2C(=NC(=O)CCC(=O)[O-])S[C@@H]3CS(=O)(=O)C[C@H]32)cc1. The Morgan fingerprint density at radius 3 is 2.59 bits per heavy atom. The van der Waals surface area contributed by atoms with Crippen molar-refractivity contribution < 1.29 is 27.9 Å². The number of nitrogens with zero attached hydrogens (tertiary/aromatic N) is 2. The predicted molar refractivity (Wildman–Crippen MR) is 99.0 cm³/mol. The first kappa shape index (κ1) is 19.7. The molecular weight excluding hydrogens is 392 g/mol. The van der Waals surface area contributed by atoms with Crippen LogP contribution in [0.25, 0.3) is 0 Å². The summed E-state index contributed by atoms with van der Waals surface area (Å²) in [6.07, 6.45) is -0.629. The Balaban J connectivity index is 1.81. The van der Waals surface area contributed by atoms with Crippen molar-refractivity contribution in [3.63, 3.8) is 0 Å². The first-order chi connectivity index (χ1) is 12.8. The Kier molecular flexibility index (Phi) is 5.75. The lowest BCUT2D eigenvalue weighted by Gasteiger charge is -2.24. The molecule has 2 aliphatic heterocycles. The normalized spacial score (nSPS) is 24.8. The molecule has 2 saturated heterocycles. The summed E-state index contributed by atoms with van der Waals surface area (Å²) >= 11 is 1.27. The molecule has 1 amide bonds. The predicted octanol–water partition coefficient (Wildman–Crippen LogP) is -0.178. The minimum Gasteiger partial charge on any atom is -0.550 e. The zero-order chi connectivity index (χ0) is 19.6. The van der Waals surface area contributed by atoms with Crippen LogP contribution >= 0.6 is 11.8 Å². The molecule has 0 saturated carbocycles. The summed E-state index contributed by atoms with van der Waals surface area (Å²) in [5.74, 6) is -1.08. The summed E-state index contributed by atoms with van der Waals surface area (Å²) < 4.78 is 29.1. The molecule has 0 N–H and O–H groups in total. The highest BCUT2D eigenvalue weighted by Gasteiger charge is 2.48. The van der Waals surface area contributed by atoms with E-state index in [1.807, 2.05) is 29.2 Å². The van der Waals surface area contributed by atoms with Gasteiger partial charge in [0.15, 0.2) is 15.0 Å². The molecule has 8 nitrogen and oxygen atoms in total. The Morgan fingerprint density at radius 1 is 1.26 bits per heavy atom. The first-order valence-corrected chi connectivity index (χ1v) is 11.1. The van der Waals surface area contributed by atoms with Gasteiger partial charge in [0, 0.05) is 24.2 Å². The van der Waals surface area contributed by atoms with Crippen molar-refractivity contribution in [3.05, 3.63) is 29.8 Å². The lowest BCUT2D eigenvalue weighted by Crippen LogP contribution is -2.37. The van der Waals surface area contributed by atoms with Crippen molar-refractivity contribution in [2.45, 2.75) is 30.7 Å². The van der Waals surface area contributed by atoms with Crippen molar-refractivity contribution in [2.24, 2.45) is 4.99 Å². The van der Waals surface area contributed by atoms with E-state index in [0.717, 1.165) is 5.56 Å². The monoisotopic (exact) mass is 411 g/mol. The lowest BCUT2D eigenvalue weighted by molar-refractivity contribution is -0.305. The number of carbonyl (C=O) groups is 2. The molecule has 1 aromatic rings. The first-order valence-electron chi connectivity index (χ1n) is 8.35. The van der Waals surface area contributed by atoms with Crippen LogP contribution in [0.2, 0.25) is 0 Å². The van der Waals surface area contributed by atoms with Crippen molar-refractivity contribution in [1.29, 1.82) is 0 Å². The number of rotatable bonds is 6. The number of amides is 1. The standard InChI is InChI=1S/C17H20N2O6S2/c1-25-12-4-2-11(3-5-12)8-19-13-9-27(23,24)10-14(13)26-17(19)18-15(20)6-7-16(21)22/h2-5,13-14H,6-10H2,1H3,(H,21,22)/p-1/t13-,14-/m1/s1. The zero-order valence-corrected chi connectivity index (χ0v) is 16.3. The number of carboxylic acids is 1. The van der Waals surface area contributed by atoms with E-state index in [9.17, 15) is 23.1 Å². The molecule has 2 atom stereocenters. The molecule has 3 rings (SSSR count). The number of amidine groups is 1. The average Bonchev–Trinajstić information content (AvgIpc) is 3.06. The molecule has 0 bridgehead atoms. The van der Waals surface area contributed by atoms with Gasteiger partial charge in [0.05, 0.1) is 24.7 Å². The molecular formula is C17H19N2O6S2-. The van der Waals surface area contributed by atoms with Gasteiger partial charge in [-0.05, 0) is 24.1 Å². The van der Waals surface area contributed by atoms with Gasteiger partial charge in [-0.1, -0.05) is 23.9 Å². The number of methoxy groups -OCH3 is 1. The Morgan fingerprint density at radius 2 is 1.96 bits per heavy atom. The van der Waals surface area contributed by atoms with Crippen LogP contribution in [0.4, 0.5) is 0 Å². The number of aliphatic imine (C=N–C) groups is 1. The number of benzene rings is 1. The maximum atomic E-state index is 12.0. The van der Waals surface area contributed by atoms with Crippen molar-refractivity contribution in [1.82, 2.24) is 4.90 Å². The van der Waals surface area contributed by atoms with Gasteiger partial charge in [-0.2, -0.15) is 4.99 Å². The van der Waals surface area contributed by atoms with E-state index in [2.05, 4.69) is 4.99 Å². The van der Waals surface area contributed by atoms with Gasteiger partial charge in [0.2, 0.25) is 5.91 Å². The number of carboxylic acid groups (broad SMARTS) is 1. The quantitative estimate of drug-likeness (QED) is 0.633. The molecule has 0 aliphatic carbocycles. The number of hydrogen-bond acceptors (Lipinski definition) is 7. The zero-order valence-electron chi connectivity index (χ0n) is 14.7. The number of sulfone groups is 1. The largest absolute Gasteiger partial charge is 0.550 e. The molecule has 0 radical (unpaired) electrons. The molecule has 0 unspecified atom stereocenters. The summed E-state index contributed by atoms with van der Waals surface area (Å²) in [5, 5.41) is 10.8. The van der Waals surface area contributed by atoms with Gasteiger partial charge >= 0.3 is 0 Å². The van der Waals surface area contributed by atoms with Crippen LogP contribution in [-0.4, -0.2) is 60.3 Å². The third-order valence-electron chi connectivity index (χ3n) is 4.45. The van der Waals surface area contributed by atoms with E-state index in [0.29, 0.717) is 17.5 Å². The third kappa shape index (κ3) is 4.81. The fourth-order valence-corrected chi connectivity index (χ4v) is 7.09. The number of aliphatic carboxylic acids is 1. The molecule has 10 heteroatoms. The Bertz CT molecular complexity index is 866. The minimum atomic E-state index is -3.12. The summed E-state index contributed by atoms with van der Waals surface area (Å²) in [7, 11) is -1.55. The van der Waals surface area contributed by atoms with E-state index in [4.69, 9.17) is 4.74 Å². The molecule has 1 aromatic carbocycles. The number of hydrogen-bond donors (Lipinski definition) is 0. The fraction of sp³-hybridized carbons (Fsp3) is 0.471. The molecule has 0 spiro atoms. The second kappa shape index (κ2) is 7.89. The molecule has 2 fully saturated rings.